The monoisotopic (exact) mass is 302 g/mol. The molecule has 0 aliphatic rings. The summed E-state index contributed by atoms with van der Waals surface area (Å²) in [6, 6.07) is 16.4. The lowest BCUT2D eigenvalue weighted by Crippen LogP contribution is -2.03. The number of rotatable bonds is 4. The molecule has 0 heterocycles. The Kier molecular flexibility index (Phi) is 5.20. The van der Waals surface area contributed by atoms with Gasteiger partial charge in [0.25, 0.3) is 0 Å². The van der Waals surface area contributed by atoms with Gasteiger partial charge in [-0.15, -0.1) is 0 Å². The fourth-order valence-corrected chi connectivity index (χ4v) is 2.93. The van der Waals surface area contributed by atoms with Crippen molar-refractivity contribution in [2.24, 2.45) is 0 Å². The first-order valence-corrected chi connectivity index (χ1v) is 8.02. The van der Waals surface area contributed by atoms with Gasteiger partial charge >= 0.3 is 0 Å². The first-order valence-electron chi connectivity index (χ1n) is 8.02. The lowest BCUT2D eigenvalue weighted by molar-refractivity contribution is 0.830. The van der Waals surface area contributed by atoms with Gasteiger partial charge in [0.2, 0.25) is 0 Å². The molecule has 0 aliphatic carbocycles. The first-order chi connectivity index (χ1) is 11.0. The third kappa shape index (κ3) is 3.79. The Labute approximate surface area is 139 Å². The van der Waals surface area contributed by atoms with Crippen LogP contribution in [0.2, 0.25) is 0 Å². The zero-order chi connectivity index (χ0) is 17.0. The van der Waals surface area contributed by atoms with Crippen molar-refractivity contribution in [3.63, 3.8) is 0 Å². The van der Waals surface area contributed by atoms with E-state index in [1.807, 2.05) is 24.3 Å². The molecule has 0 bridgehead atoms. The summed E-state index contributed by atoms with van der Waals surface area (Å²) in [5, 5.41) is 18.2. The number of nitrogens with zero attached hydrogens (tertiary/aromatic N) is 2. The molecule has 0 saturated heterocycles. The van der Waals surface area contributed by atoms with E-state index in [4.69, 9.17) is 10.5 Å². The molecule has 23 heavy (non-hydrogen) atoms. The van der Waals surface area contributed by atoms with Crippen molar-refractivity contribution in [2.45, 2.75) is 46.0 Å². The summed E-state index contributed by atoms with van der Waals surface area (Å²) < 4.78 is 0. The zero-order valence-corrected chi connectivity index (χ0v) is 14.2. The van der Waals surface area contributed by atoms with Crippen molar-refractivity contribution >= 4 is 0 Å². The van der Waals surface area contributed by atoms with Crippen LogP contribution in [0.15, 0.2) is 36.4 Å². The Morgan fingerprint density at radius 2 is 1.13 bits per heavy atom. The maximum Gasteiger partial charge on any atom is 0.0991 e. The highest BCUT2D eigenvalue weighted by molar-refractivity contribution is 5.45. The maximum absolute atomic E-state index is 9.12. The van der Waals surface area contributed by atoms with E-state index in [1.165, 1.54) is 22.3 Å². The predicted octanol–water partition coefficient (Wildman–Crippen LogP) is 5.27. The van der Waals surface area contributed by atoms with Crippen LogP contribution in [-0.4, -0.2) is 0 Å². The van der Waals surface area contributed by atoms with Gasteiger partial charge in [0.15, 0.2) is 0 Å². The second-order valence-corrected chi connectivity index (χ2v) is 6.54. The topological polar surface area (TPSA) is 47.6 Å². The van der Waals surface area contributed by atoms with Crippen LogP contribution in [0.4, 0.5) is 0 Å². The molecule has 0 amide bonds. The van der Waals surface area contributed by atoms with Gasteiger partial charge in [-0.25, -0.2) is 0 Å². The van der Waals surface area contributed by atoms with Crippen LogP contribution in [0.1, 0.15) is 72.9 Å². The molecular weight excluding hydrogens is 280 g/mol. The van der Waals surface area contributed by atoms with Gasteiger partial charge in [0.05, 0.1) is 23.3 Å². The third-order valence-electron chi connectivity index (χ3n) is 4.17. The molecule has 0 aromatic heterocycles. The zero-order valence-electron chi connectivity index (χ0n) is 14.2. The SMILES string of the molecule is CC(C)c1cc(C#N)ccc1Cc1ccc(C#N)cc1C(C)C. The van der Waals surface area contributed by atoms with E-state index in [1.54, 1.807) is 0 Å². The van der Waals surface area contributed by atoms with Crippen molar-refractivity contribution < 1.29 is 0 Å². The molecule has 2 rings (SSSR count). The highest BCUT2D eigenvalue weighted by Gasteiger charge is 2.13. The molecule has 0 unspecified atom stereocenters. The lowest BCUT2D eigenvalue weighted by atomic mass is 9.87. The largest absolute Gasteiger partial charge is 0.192 e. The minimum atomic E-state index is 0.374. The third-order valence-corrected chi connectivity index (χ3v) is 4.17. The van der Waals surface area contributed by atoms with Crippen LogP contribution in [-0.2, 0) is 6.42 Å². The van der Waals surface area contributed by atoms with Crippen LogP contribution < -0.4 is 0 Å². The molecule has 0 fully saturated rings. The molecule has 0 radical (unpaired) electrons. The fourth-order valence-electron chi connectivity index (χ4n) is 2.93. The minimum absolute atomic E-state index is 0.374. The number of benzene rings is 2. The van der Waals surface area contributed by atoms with E-state index in [0.29, 0.717) is 23.0 Å². The summed E-state index contributed by atoms with van der Waals surface area (Å²) in [6.45, 7) is 8.62. The number of nitriles is 2. The quantitative estimate of drug-likeness (QED) is 0.772. The molecule has 2 aromatic carbocycles. The van der Waals surface area contributed by atoms with Crippen LogP contribution in [0, 0.1) is 22.7 Å². The van der Waals surface area contributed by atoms with Gasteiger partial charge in [-0.3, -0.25) is 0 Å². The molecule has 0 aliphatic heterocycles. The molecule has 2 heteroatoms. The van der Waals surface area contributed by atoms with Gasteiger partial charge in [-0.2, -0.15) is 10.5 Å². The van der Waals surface area contributed by atoms with E-state index in [-0.39, 0.29) is 0 Å². The van der Waals surface area contributed by atoms with Crippen LogP contribution in [0.5, 0.6) is 0 Å². The Hall–Kier alpha value is -2.58. The van der Waals surface area contributed by atoms with Crippen LogP contribution in [0.25, 0.3) is 0 Å². The first kappa shape index (κ1) is 16.8. The Morgan fingerprint density at radius 1 is 0.739 bits per heavy atom. The standard InChI is InChI=1S/C21H22N2/c1-14(2)20-9-16(12-22)5-7-18(20)11-19-8-6-17(13-23)10-21(19)15(3)4/h5-10,14-15H,11H2,1-4H3. The van der Waals surface area contributed by atoms with Gasteiger partial charge in [-0.05, 0) is 64.8 Å². The summed E-state index contributed by atoms with van der Waals surface area (Å²) in [6.07, 6.45) is 0.832. The van der Waals surface area contributed by atoms with E-state index in [0.717, 1.165) is 6.42 Å². The summed E-state index contributed by atoms with van der Waals surface area (Å²) >= 11 is 0. The van der Waals surface area contributed by atoms with Crippen LogP contribution >= 0.6 is 0 Å². The summed E-state index contributed by atoms with van der Waals surface area (Å²) in [7, 11) is 0. The van der Waals surface area contributed by atoms with Crippen molar-refractivity contribution in [2.75, 3.05) is 0 Å². The molecule has 2 nitrogen and oxygen atoms in total. The molecule has 0 spiro atoms. The van der Waals surface area contributed by atoms with Crippen molar-refractivity contribution in [1.82, 2.24) is 0 Å². The predicted molar refractivity (Wildman–Crippen MR) is 93.3 cm³/mol. The molecule has 0 N–H and O–H groups in total. The summed E-state index contributed by atoms with van der Waals surface area (Å²) in [4.78, 5) is 0. The Morgan fingerprint density at radius 3 is 1.43 bits per heavy atom. The maximum atomic E-state index is 9.12. The van der Waals surface area contributed by atoms with E-state index in [9.17, 15) is 0 Å². The van der Waals surface area contributed by atoms with Gasteiger partial charge in [0.1, 0.15) is 0 Å². The van der Waals surface area contributed by atoms with Crippen LogP contribution in [0.3, 0.4) is 0 Å². The van der Waals surface area contributed by atoms with Crippen molar-refractivity contribution in [3.05, 3.63) is 69.8 Å². The minimum Gasteiger partial charge on any atom is -0.192 e. The number of hydrogen-bond acceptors (Lipinski definition) is 2. The fraction of sp³-hybridized carbons (Fsp3) is 0.333. The summed E-state index contributed by atoms with van der Waals surface area (Å²) in [5.41, 5.74) is 6.38. The molecule has 0 saturated carbocycles. The van der Waals surface area contributed by atoms with E-state index >= 15 is 0 Å². The van der Waals surface area contributed by atoms with E-state index in [2.05, 4.69) is 52.0 Å². The Balaban J connectivity index is 2.48. The smallest absolute Gasteiger partial charge is 0.0991 e. The van der Waals surface area contributed by atoms with Gasteiger partial charge in [0, 0.05) is 0 Å². The highest BCUT2D eigenvalue weighted by Crippen LogP contribution is 2.27. The molecule has 0 atom stereocenters. The average molecular weight is 302 g/mol. The number of hydrogen-bond donors (Lipinski definition) is 0. The molecule has 2 aromatic rings. The molecular formula is C21H22N2. The van der Waals surface area contributed by atoms with Crippen molar-refractivity contribution in [3.8, 4) is 12.1 Å². The van der Waals surface area contributed by atoms with Gasteiger partial charge in [-0.1, -0.05) is 39.8 Å². The second kappa shape index (κ2) is 7.12. The van der Waals surface area contributed by atoms with Crippen molar-refractivity contribution in [1.29, 1.82) is 10.5 Å². The highest BCUT2D eigenvalue weighted by atomic mass is 14.3. The summed E-state index contributed by atoms with van der Waals surface area (Å²) in [5.74, 6) is 0.748. The average Bonchev–Trinajstić information content (AvgIpc) is 2.55. The Bertz CT molecular complexity index is 719. The van der Waals surface area contributed by atoms with Gasteiger partial charge < -0.3 is 0 Å². The lowest BCUT2D eigenvalue weighted by Gasteiger charge is -2.17. The molecule has 116 valence electrons. The normalized spacial score (nSPS) is 10.6. The van der Waals surface area contributed by atoms with E-state index < -0.39 is 0 Å². The second-order valence-electron chi connectivity index (χ2n) is 6.54.